The number of aromatic nitrogens is 4. The van der Waals surface area contributed by atoms with Gasteiger partial charge < -0.3 is 5.32 Å². The highest BCUT2D eigenvalue weighted by atomic mass is 19.4. The van der Waals surface area contributed by atoms with E-state index in [-0.39, 0.29) is 6.54 Å². The minimum Gasteiger partial charge on any atom is -0.350 e. The number of nitrogens with one attached hydrogen (secondary N) is 1. The second kappa shape index (κ2) is 5.49. The summed E-state index contributed by atoms with van der Waals surface area (Å²) in [5, 5.41) is 6.91. The van der Waals surface area contributed by atoms with E-state index >= 15 is 0 Å². The smallest absolute Gasteiger partial charge is 0.350 e. The summed E-state index contributed by atoms with van der Waals surface area (Å²) in [5.41, 5.74) is 0.353. The molecule has 2 aromatic heterocycles. The third-order valence-electron chi connectivity index (χ3n) is 3.18. The summed E-state index contributed by atoms with van der Waals surface area (Å²) in [7, 11) is 0. The van der Waals surface area contributed by atoms with Crippen LogP contribution in [0.15, 0.2) is 30.6 Å². The van der Waals surface area contributed by atoms with Gasteiger partial charge in [0.25, 0.3) is 0 Å². The molecule has 3 rings (SSSR count). The molecule has 120 valence electrons. The first-order valence-corrected chi connectivity index (χ1v) is 6.61. The van der Waals surface area contributed by atoms with E-state index in [1.165, 1.54) is 16.9 Å². The second-order valence-corrected chi connectivity index (χ2v) is 4.92. The number of benzene rings is 1. The van der Waals surface area contributed by atoms with Crippen molar-refractivity contribution in [3.8, 4) is 0 Å². The summed E-state index contributed by atoms with van der Waals surface area (Å²) in [6, 6.07) is 4.52. The van der Waals surface area contributed by atoms with Gasteiger partial charge in [-0.2, -0.15) is 22.8 Å². The summed E-state index contributed by atoms with van der Waals surface area (Å²) in [4.78, 5) is 8.28. The van der Waals surface area contributed by atoms with E-state index in [4.69, 9.17) is 0 Å². The molecule has 0 radical (unpaired) electrons. The van der Waals surface area contributed by atoms with Gasteiger partial charge in [0.15, 0.2) is 5.65 Å². The Bertz CT molecular complexity index is 856. The number of hydrogen-bond acceptors (Lipinski definition) is 4. The molecule has 0 amide bonds. The molecule has 1 aromatic carbocycles. The zero-order valence-electron chi connectivity index (χ0n) is 11.9. The van der Waals surface area contributed by atoms with Crippen LogP contribution in [0.4, 0.5) is 23.5 Å². The third-order valence-corrected chi connectivity index (χ3v) is 3.18. The first kappa shape index (κ1) is 15.2. The Labute approximate surface area is 128 Å². The molecule has 1 N–H and O–H groups in total. The molecule has 3 aromatic rings. The minimum absolute atomic E-state index is 0.0977. The van der Waals surface area contributed by atoms with Crippen molar-refractivity contribution in [2.75, 3.05) is 5.32 Å². The molecule has 0 saturated carbocycles. The Morgan fingerprint density at radius 3 is 2.70 bits per heavy atom. The van der Waals surface area contributed by atoms with Crippen molar-refractivity contribution in [3.05, 3.63) is 53.2 Å². The number of hydrogen-bond donors (Lipinski definition) is 1. The average Bonchev–Trinajstić information content (AvgIpc) is 2.91. The number of rotatable bonds is 3. The zero-order chi connectivity index (χ0) is 16.6. The van der Waals surface area contributed by atoms with Crippen LogP contribution in [-0.2, 0) is 12.7 Å². The van der Waals surface area contributed by atoms with E-state index in [2.05, 4.69) is 20.4 Å². The van der Waals surface area contributed by atoms with Gasteiger partial charge >= 0.3 is 6.18 Å². The van der Waals surface area contributed by atoms with Crippen LogP contribution in [-0.4, -0.2) is 19.6 Å². The molecular formula is C14H11F4N5. The van der Waals surface area contributed by atoms with Gasteiger partial charge in [0.05, 0.1) is 5.56 Å². The van der Waals surface area contributed by atoms with Crippen molar-refractivity contribution >= 4 is 11.6 Å². The molecular weight excluding hydrogens is 314 g/mol. The lowest BCUT2D eigenvalue weighted by atomic mass is 10.1. The summed E-state index contributed by atoms with van der Waals surface area (Å²) >= 11 is 0. The number of alkyl halides is 3. The normalized spacial score (nSPS) is 11.9. The van der Waals surface area contributed by atoms with Crippen LogP contribution in [0.1, 0.15) is 16.8 Å². The highest BCUT2D eigenvalue weighted by Crippen LogP contribution is 2.31. The average molecular weight is 325 g/mol. The SMILES string of the molecule is Cc1cc2ncnn2c(NCc2ccc(C(F)(F)F)c(F)c2)n1. The fourth-order valence-electron chi connectivity index (χ4n) is 2.14. The van der Waals surface area contributed by atoms with E-state index in [1.807, 2.05) is 0 Å². The van der Waals surface area contributed by atoms with E-state index in [9.17, 15) is 17.6 Å². The van der Waals surface area contributed by atoms with Crippen LogP contribution in [0.2, 0.25) is 0 Å². The molecule has 0 spiro atoms. The Kier molecular flexibility index (Phi) is 3.63. The Balaban J connectivity index is 1.83. The maximum atomic E-state index is 13.5. The number of anilines is 1. The molecule has 0 aliphatic carbocycles. The first-order valence-electron chi connectivity index (χ1n) is 6.61. The lowest BCUT2D eigenvalue weighted by Gasteiger charge is -2.11. The Morgan fingerprint density at radius 2 is 2.00 bits per heavy atom. The molecule has 0 aliphatic heterocycles. The molecule has 2 heterocycles. The Hall–Kier alpha value is -2.71. The lowest BCUT2D eigenvalue weighted by molar-refractivity contribution is -0.140. The van der Waals surface area contributed by atoms with Crippen LogP contribution < -0.4 is 5.32 Å². The van der Waals surface area contributed by atoms with Crippen molar-refractivity contribution in [2.24, 2.45) is 0 Å². The highest BCUT2D eigenvalue weighted by molar-refractivity contribution is 5.45. The van der Waals surface area contributed by atoms with E-state index in [0.717, 1.165) is 12.1 Å². The van der Waals surface area contributed by atoms with E-state index in [0.29, 0.717) is 22.9 Å². The Morgan fingerprint density at radius 1 is 1.22 bits per heavy atom. The molecule has 0 fully saturated rings. The van der Waals surface area contributed by atoms with E-state index in [1.54, 1.807) is 13.0 Å². The number of aryl methyl sites for hydroxylation is 1. The monoisotopic (exact) mass is 325 g/mol. The number of fused-ring (bicyclic) bond motifs is 1. The fourth-order valence-corrected chi connectivity index (χ4v) is 2.14. The largest absolute Gasteiger partial charge is 0.419 e. The van der Waals surface area contributed by atoms with Crippen LogP contribution >= 0.6 is 0 Å². The second-order valence-electron chi connectivity index (χ2n) is 4.92. The molecule has 0 atom stereocenters. The van der Waals surface area contributed by atoms with Gasteiger partial charge in [-0.3, -0.25) is 0 Å². The van der Waals surface area contributed by atoms with Crippen molar-refractivity contribution in [1.29, 1.82) is 0 Å². The van der Waals surface area contributed by atoms with Gasteiger partial charge in [-0.05, 0) is 24.6 Å². The van der Waals surface area contributed by atoms with Crippen LogP contribution in [0.3, 0.4) is 0 Å². The lowest BCUT2D eigenvalue weighted by Crippen LogP contribution is -2.11. The topological polar surface area (TPSA) is 55.1 Å². The molecule has 0 aliphatic rings. The van der Waals surface area contributed by atoms with Gasteiger partial charge in [-0.25, -0.2) is 14.4 Å². The molecule has 0 bridgehead atoms. The van der Waals surface area contributed by atoms with Crippen molar-refractivity contribution in [2.45, 2.75) is 19.6 Å². The van der Waals surface area contributed by atoms with Crippen LogP contribution in [0.25, 0.3) is 5.65 Å². The maximum absolute atomic E-state index is 13.5. The van der Waals surface area contributed by atoms with Crippen LogP contribution in [0.5, 0.6) is 0 Å². The summed E-state index contributed by atoms with van der Waals surface area (Å²) in [5.74, 6) is -0.933. The minimum atomic E-state index is -4.71. The molecule has 9 heteroatoms. The van der Waals surface area contributed by atoms with Crippen molar-refractivity contribution in [1.82, 2.24) is 19.6 Å². The molecule has 0 saturated heterocycles. The molecule has 0 unspecified atom stereocenters. The predicted octanol–water partition coefficient (Wildman–Crippen LogP) is 3.20. The van der Waals surface area contributed by atoms with Gasteiger partial charge in [0.1, 0.15) is 12.1 Å². The van der Waals surface area contributed by atoms with Crippen molar-refractivity contribution < 1.29 is 17.6 Å². The van der Waals surface area contributed by atoms with Gasteiger partial charge in [0, 0.05) is 18.3 Å². The van der Waals surface area contributed by atoms with Gasteiger partial charge in [0.2, 0.25) is 5.95 Å². The highest BCUT2D eigenvalue weighted by Gasteiger charge is 2.33. The standard InChI is InChI=1S/C14H11F4N5/c1-8-4-12-20-7-21-23(12)13(22-8)19-6-9-2-3-10(11(15)5-9)14(16,17)18/h2-5,7H,6H2,1H3,(H,19,22). The maximum Gasteiger partial charge on any atom is 0.419 e. The quantitative estimate of drug-likeness (QED) is 0.751. The third kappa shape index (κ3) is 3.08. The van der Waals surface area contributed by atoms with Gasteiger partial charge in [-0.15, -0.1) is 0 Å². The van der Waals surface area contributed by atoms with Gasteiger partial charge in [-0.1, -0.05) is 6.07 Å². The summed E-state index contributed by atoms with van der Waals surface area (Å²) < 4.78 is 52.6. The molecule has 5 nitrogen and oxygen atoms in total. The fraction of sp³-hybridized carbons (Fsp3) is 0.214. The first-order chi connectivity index (χ1) is 10.8. The predicted molar refractivity (Wildman–Crippen MR) is 74.2 cm³/mol. The number of halogens is 4. The van der Waals surface area contributed by atoms with Crippen molar-refractivity contribution in [3.63, 3.8) is 0 Å². The summed E-state index contributed by atoms with van der Waals surface area (Å²) in [6.45, 7) is 1.87. The zero-order valence-corrected chi connectivity index (χ0v) is 11.9. The molecule has 23 heavy (non-hydrogen) atoms. The van der Waals surface area contributed by atoms with Crippen LogP contribution in [0, 0.1) is 12.7 Å². The number of nitrogens with zero attached hydrogens (tertiary/aromatic N) is 4. The summed E-state index contributed by atoms with van der Waals surface area (Å²) in [6.07, 6.45) is -3.35. The van der Waals surface area contributed by atoms with E-state index < -0.39 is 17.6 Å².